The second kappa shape index (κ2) is 17.2. The Bertz CT molecular complexity index is 1080. The Hall–Kier alpha value is -2.81. The summed E-state index contributed by atoms with van der Waals surface area (Å²) in [5.41, 5.74) is 2.67. The highest BCUT2D eigenvalue weighted by atomic mass is 16.5. The van der Waals surface area contributed by atoms with Gasteiger partial charge in [-0.1, -0.05) is 60.5 Å². The number of nitrogens with one attached hydrogen (secondary N) is 2. The molecule has 0 saturated carbocycles. The molecule has 2 aromatic rings. The van der Waals surface area contributed by atoms with Crippen LogP contribution in [-0.2, 0) is 15.9 Å². The molecule has 2 aromatic carbocycles. The highest BCUT2D eigenvalue weighted by Crippen LogP contribution is 2.29. The standard InChI is InChI=1S/C33H52N4O4/c1-25(2)9-8-17-32(3,4)22-41-24-33(5,6)23-40-20-19-35-31(39)27-11-13-28(14-12-27)36-37-29-21-26(16-18-34-7)10-15-30(29)38/h10-15,21,25,34,38H,8-9,16-20,22-24H2,1-7H3,(H,35,39). The predicted octanol–water partition coefficient (Wildman–Crippen LogP) is 7.21. The van der Waals surface area contributed by atoms with E-state index in [1.807, 2.05) is 19.2 Å². The molecule has 0 heterocycles. The van der Waals surface area contributed by atoms with Crippen molar-refractivity contribution in [1.29, 1.82) is 0 Å². The number of amides is 1. The summed E-state index contributed by atoms with van der Waals surface area (Å²) in [4.78, 5) is 12.5. The predicted molar refractivity (Wildman–Crippen MR) is 167 cm³/mol. The van der Waals surface area contributed by atoms with Crippen molar-refractivity contribution < 1.29 is 19.4 Å². The molecule has 0 atom stereocenters. The smallest absolute Gasteiger partial charge is 0.251 e. The molecule has 0 bridgehead atoms. The van der Waals surface area contributed by atoms with Crippen LogP contribution in [0.3, 0.4) is 0 Å². The molecule has 0 saturated heterocycles. The van der Waals surface area contributed by atoms with Gasteiger partial charge in [0.1, 0.15) is 11.4 Å². The summed E-state index contributed by atoms with van der Waals surface area (Å²) in [5.74, 6) is 0.650. The zero-order chi connectivity index (χ0) is 30.3. The van der Waals surface area contributed by atoms with Gasteiger partial charge in [-0.3, -0.25) is 4.79 Å². The second-order valence-corrected chi connectivity index (χ2v) is 12.8. The van der Waals surface area contributed by atoms with Crippen LogP contribution in [0, 0.1) is 16.7 Å². The monoisotopic (exact) mass is 568 g/mol. The molecule has 1 amide bonds. The van der Waals surface area contributed by atoms with Crippen molar-refractivity contribution in [3.05, 3.63) is 53.6 Å². The molecule has 0 radical (unpaired) electrons. The number of rotatable bonds is 19. The maximum absolute atomic E-state index is 12.5. The lowest BCUT2D eigenvalue weighted by atomic mass is 9.87. The molecular formula is C33H52N4O4. The van der Waals surface area contributed by atoms with Gasteiger partial charge in [0.2, 0.25) is 0 Å². The van der Waals surface area contributed by atoms with Gasteiger partial charge in [-0.2, -0.15) is 5.11 Å². The number of benzene rings is 2. The van der Waals surface area contributed by atoms with E-state index in [0.717, 1.165) is 31.1 Å². The molecule has 0 unspecified atom stereocenters. The van der Waals surface area contributed by atoms with Crippen LogP contribution in [0.5, 0.6) is 5.75 Å². The molecule has 0 aliphatic rings. The average Bonchev–Trinajstić information content (AvgIpc) is 2.91. The first-order valence-electron chi connectivity index (χ1n) is 14.8. The fraction of sp³-hybridized carbons (Fsp3) is 0.606. The van der Waals surface area contributed by atoms with E-state index in [9.17, 15) is 9.90 Å². The third-order valence-electron chi connectivity index (χ3n) is 6.75. The minimum atomic E-state index is -0.172. The van der Waals surface area contributed by atoms with Gasteiger partial charge >= 0.3 is 0 Å². The normalized spacial score (nSPS) is 12.4. The van der Waals surface area contributed by atoms with E-state index >= 15 is 0 Å². The van der Waals surface area contributed by atoms with E-state index in [1.54, 1.807) is 30.3 Å². The van der Waals surface area contributed by atoms with Crippen molar-refractivity contribution in [3.8, 4) is 5.75 Å². The number of phenols is 1. The Kier molecular flexibility index (Phi) is 14.4. The lowest BCUT2D eigenvalue weighted by Crippen LogP contribution is -2.31. The number of phenolic OH excluding ortho intramolecular Hbond substituents is 1. The fourth-order valence-corrected chi connectivity index (χ4v) is 4.26. The maximum atomic E-state index is 12.5. The summed E-state index contributed by atoms with van der Waals surface area (Å²) >= 11 is 0. The average molecular weight is 569 g/mol. The number of likely N-dealkylation sites (N-methyl/N-ethyl adjacent to an activating group) is 1. The van der Waals surface area contributed by atoms with Gasteiger partial charge in [0, 0.05) is 17.5 Å². The number of carbonyl (C=O) groups excluding carboxylic acids is 1. The molecule has 41 heavy (non-hydrogen) atoms. The third-order valence-corrected chi connectivity index (χ3v) is 6.75. The lowest BCUT2D eigenvalue weighted by Gasteiger charge is -2.29. The molecule has 228 valence electrons. The molecule has 0 aromatic heterocycles. The number of ether oxygens (including phenoxy) is 2. The molecule has 3 N–H and O–H groups in total. The highest BCUT2D eigenvalue weighted by molar-refractivity contribution is 5.94. The van der Waals surface area contributed by atoms with Gasteiger partial charge in [-0.15, -0.1) is 5.11 Å². The maximum Gasteiger partial charge on any atom is 0.251 e. The number of hydrogen-bond donors (Lipinski definition) is 3. The Morgan fingerprint density at radius 2 is 1.61 bits per heavy atom. The minimum Gasteiger partial charge on any atom is -0.506 e. The number of hydrogen-bond acceptors (Lipinski definition) is 7. The topological polar surface area (TPSA) is 105 Å². The Morgan fingerprint density at radius 3 is 2.29 bits per heavy atom. The van der Waals surface area contributed by atoms with Crippen molar-refractivity contribution in [2.45, 2.75) is 67.2 Å². The van der Waals surface area contributed by atoms with Crippen LogP contribution in [0.15, 0.2) is 52.7 Å². The summed E-state index contributed by atoms with van der Waals surface area (Å²) in [5, 5.41) is 24.5. The summed E-state index contributed by atoms with van der Waals surface area (Å²) in [6.07, 6.45) is 4.50. The minimum absolute atomic E-state index is 0.0764. The Morgan fingerprint density at radius 1 is 0.927 bits per heavy atom. The number of azo groups is 1. The van der Waals surface area contributed by atoms with Crippen LogP contribution in [0.2, 0.25) is 0 Å². The van der Waals surface area contributed by atoms with Crippen molar-refractivity contribution in [3.63, 3.8) is 0 Å². The lowest BCUT2D eigenvalue weighted by molar-refractivity contribution is -0.0263. The first kappa shape index (κ1) is 34.4. The molecule has 8 nitrogen and oxygen atoms in total. The second-order valence-electron chi connectivity index (χ2n) is 12.8. The van der Waals surface area contributed by atoms with E-state index in [4.69, 9.17) is 9.47 Å². The summed E-state index contributed by atoms with van der Waals surface area (Å²) in [6, 6.07) is 12.2. The van der Waals surface area contributed by atoms with Gasteiger partial charge in [-0.25, -0.2) is 0 Å². The van der Waals surface area contributed by atoms with Gasteiger partial charge in [0.15, 0.2) is 0 Å². The van der Waals surface area contributed by atoms with Gasteiger partial charge < -0.3 is 25.2 Å². The molecular weight excluding hydrogens is 516 g/mol. The van der Waals surface area contributed by atoms with E-state index < -0.39 is 0 Å². The van der Waals surface area contributed by atoms with Crippen LogP contribution in [0.25, 0.3) is 0 Å². The van der Waals surface area contributed by atoms with Crippen LogP contribution < -0.4 is 10.6 Å². The van der Waals surface area contributed by atoms with Crippen molar-refractivity contribution in [1.82, 2.24) is 10.6 Å². The Balaban J connectivity index is 1.70. The summed E-state index contributed by atoms with van der Waals surface area (Å²) < 4.78 is 11.9. The SMILES string of the molecule is CNCCc1ccc(O)c(N=Nc2ccc(C(=O)NCCOCC(C)(C)COCC(C)(C)CCCC(C)C)cc2)c1. The van der Waals surface area contributed by atoms with Crippen LogP contribution in [0.1, 0.15) is 76.7 Å². The molecule has 0 spiro atoms. The first-order chi connectivity index (χ1) is 19.4. The fourth-order valence-electron chi connectivity index (χ4n) is 4.26. The van der Waals surface area contributed by atoms with Crippen molar-refractivity contribution in [2.24, 2.45) is 27.0 Å². The Labute approximate surface area is 247 Å². The quantitative estimate of drug-likeness (QED) is 0.123. The van der Waals surface area contributed by atoms with Crippen LogP contribution >= 0.6 is 0 Å². The zero-order valence-electron chi connectivity index (χ0n) is 26.3. The first-order valence-corrected chi connectivity index (χ1v) is 14.8. The van der Waals surface area contributed by atoms with Crippen molar-refractivity contribution in [2.75, 3.05) is 46.6 Å². The van der Waals surface area contributed by atoms with Crippen molar-refractivity contribution >= 4 is 17.3 Å². The van der Waals surface area contributed by atoms with Gasteiger partial charge in [-0.05, 0) is 79.7 Å². The summed E-state index contributed by atoms with van der Waals surface area (Å²) in [6.45, 7) is 17.0. The largest absolute Gasteiger partial charge is 0.506 e. The molecule has 0 fully saturated rings. The van der Waals surface area contributed by atoms with E-state index in [0.29, 0.717) is 43.3 Å². The number of carbonyl (C=O) groups is 1. The van der Waals surface area contributed by atoms with Gasteiger partial charge in [0.25, 0.3) is 5.91 Å². The molecule has 8 heteroatoms. The highest BCUT2D eigenvalue weighted by Gasteiger charge is 2.23. The van der Waals surface area contributed by atoms with Crippen LogP contribution in [-0.4, -0.2) is 57.6 Å². The molecule has 2 rings (SSSR count). The van der Waals surface area contributed by atoms with E-state index in [2.05, 4.69) is 62.4 Å². The molecule has 0 aliphatic heterocycles. The van der Waals surface area contributed by atoms with Crippen LogP contribution in [0.4, 0.5) is 11.4 Å². The number of nitrogens with zero attached hydrogens (tertiary/aromatic N) is 2. The van der Waals surface area contributed by atoms with E-state index in [1.165, 1.54) is 19.3 Å². The van der Waals surface area contributed by atoms with Gasteiger partial charge in [0.05, 0.1) is 32.1 Å². The summed E-state index contributed by atoms with van der Waals surface area (Å²) in [7, 11) is 1.90. The van der Waals surface area contributed by atoms with E-state index in [-0.39, 0.29) is 22.5 Å². The zero-order valence-corrected chi connectivity index (χ0v) is 26.3. The molecule has 0 aliphatic carbocycles. The number of aromatic hydroxyl groups is 1. The third kappa shape index (κ3) is 14.1.